The van der Waals surface area contributed by atoms with Gasteiger partial charge >= 0.3 is 5.97 Å². The van der Waals surface area contributed by atoms with Gasteiger partial charge in [-0.1, -0.05) is 0 Å². The minimum atomic E-state index is -1.18. The van der Waals surface area contributed by atoms with Crippen LogP contribution in [0, 0.1) is 28.6 Å². The summed E-state index contributed by atoms with van der Waals surface area (Å²) in [6, 6.07) is 4.04. The molecule has 0 spiro atoms. The Morgan fingerprint density at radius 3 is 2.30 bits per heavy atom. The third-order valence-corrected chi connectivity index (χ3v) is 2.33. The van der Waals surface area contributed by atoms with Gasteiger partial charge < -0.3 is 4.74 Å². The Hall–Kier alpha value is -1.95. The van der Waals surface area contributed by atoms with Gasteiger partial charge in [-0.15, -0.1) is 0 Å². The number of nitrogens with zero attached hydrogens (tertiary/aromatic N) is 4. The molecular formula is C14H22N4O2. The molecule has 0 aromatic carbocycles. The lowest BCUT2D eigenvalue weighted by molar-refractivity contribution is -0.145. The Morgan fingerprint density at radius 1 is 1.25 bits per heavy atom. The molecule has 0 radical (unpaired) electrons. The molecule has 2 atom stereocenters. The fraction of sp³-hybridized carbons (Fsp3) is 0.786. The van der Waals surface area contributed by atoms with Gasteiger partial charge in [-0.25, -0.2) is 0 Å². The summed E-state index contributed by atoms with van der Waals surface area (Å²) in [5.74, 6) is -0.620. The van der Waals surface area contributed by atoms with Gasteiger partial charge in [0, 0.05) is 12.3 Å². The minimum Gasteiger partial charge on any atom is -0.462 e. The molecule has 0 aromatic heterocycles. The summed E-state index contributed by atoms with van der Waals surface area (Å²) in [5, 5.41) is 25.7. The summed E-state index contributed by atoms with van der Waals surface area (Å²) in [4.78, 5) is 11.5. The number of carbonyl (C=O) groups excluding carboxylic acids is 1. The van der Waals surface area contributed by atoms with Crippen molar-refractivity contribution in [3.05, 3.63) is 0 Å². The fourth-order valence-electron chi connectivity index (χ4n) is 1.04. The van der Waals surface area contributed by atoms with Crippen LogP contribution in [0.15, 0.2) is 10.2 Å². The molecule has 110 valence electrons. The number of hydrogen-bond donors (Lipinski definition) is 0. The molecule has 20 heavy (non-hydrogen) atoms. The van der Waals surface area contributed by atoms with E-state index in [0.29, 0.717) is 6.42 Å². The maximum absolute atomic E-state index is 11.5. The molecule has 6 nitrogen and oxygen atoms in total. The van der Waals surface area contributed by atoms with E-state index in [2.05, 4.69) is 10.2 Å². The van der Waals surface area contributed by atoms with Crippen molar-refractivity contribution in [2.75, 3.05) is 6.61 Å². The first kappa shape index (κ1) is 18.0. The molecule has 0 fully saturated rings. The third kappa shape index (κ3) is 8.20. The zero-order chi connectivity index (χ0) is 15.8. The number of carbonyl (C=O) groups is 1. The molecule has 2 unspecified atom stereocenters. The van der Waals surface area contributed by atoms with E-state index >= 15 is 0 Å². The summed E-state index contributed by atoms with van der Waals surface area (Å²) in [5.41, 5.74) is -1.56. The first-order valence-electron chi connectivity index (χ1n) is 6.52. The number of nitriles is 2. The van der Waals surface area contributed by atoms with Gasteiger partial charge in [0.25, 0.3) is 0 Å². The molecule has 0 amide bonds. The van der Waals surface area contributed by atoms with Crippen molar-refractivity contribution in [2.24, 2.45) is 16.1 Å². The number of hydrogen-bond acceptors (Lipinski definition) is 6. The molecule has 0 aromatic rings. The van der Waals surface area contributed by atoms with Crippen molar-refractivity contribution in [3.63, 3.8) is 0 Å². The van der Waals surface area contributed by atoms with E-state index in [-0.39, 0.29) is 24.5 Å². The second kappa shape index (κ2) is 7.59. The summed E-state index contributed by atoms with van der Waals surface area (Å²) in [7, 11) is 0. The van der Waals surface area contributed by atoms with Gasteiger partial charge in [-0.2, -0.15) is 20.8 Å². The lowest BCUT2D eigenvalue weighted by atomic mass is 10.1. The standard InChI is InChI=1S/C14H22N4O2/c1-11(8-15)6-7-12(19)20-10-14(5,9-16)18-17-13(2,3)4/h11H,6-7,10H2,1-5H3. The summed E-state index contributed by atoms with van der Waals surface area (Å²) in [6.07, 6.45) is 0.606. The van der Waals surface area contributed by atoms with Gasteiger partial charge in [0.2, 0.25) is 0 Å². The van der Waals surface area contributed by atoms with Crippen LogP contribution >= 0.6 is 0 Å². The number of ether oxygens (including phenoxy) is 1. The van der Waals surface area contributed by atoms with Gasteiger partial charge in [-0.3, -0.25) is 4.79 Å². The van der Waals surface area contributed by atoms with Crippen molar-refractivity contribution in [3.8, 4) is 12.1 Å². The summed E-state index contributed by atoms with van der Waals surface area (Å²) >= 11 is 0. The topological polar surface area (TPSA) is 98.6 Å². The first-order chi connectivity index (χ1) is 9.12. The molecule has 0 saturated heterocycles. The minimum absolute atomic E-state index is 0.136. The van der Waals surface area contributed by atoms with Crippen molar-refractivity contribution in [2.45, 2.75) is 58.5 Å². The van der Waals surface area contributed by atoms with E-state index in [4.69, 9.17) is 15.3 Å². The molecule has 6 heteroatoms. The van der Waals surface area contributed by atoms with Crippen LogP contribution in [0.4, 0.5) is 0 Å². The second-order valence-corrected chi connectivity index (χ2v) is 5.99. The monoisotopic (exact) mass is 278 g/mol. The first-order valence-corrected chi connectivity index (χ1v) is 6.52. The largest absolute Gasteiger partial charge is 0.462 e. The Labute approximate surface area is 120 Å². The van der Waals surface area contributed by atoms with E-state index < -0.39 is 11.5 Å². The SMILES string of the molecule is CC(C#N)CCC(=O)OCC(C)(C#N)N=NC(C)(C)C. The number of rotatable bonds is 6. The summed E-state index contributed by atoms with van der Waals surface area (Å²) in [6.45, 7) is 8.76. The van der Waals surface area contributed by atoms with Crippen molar-refractivity contribution in [1.29, 1.82) is 10.5 Å². The van der Waals surface area contributed by atoms with Gasteiger partial charge in [0.05, 0.1) is 17.7 Å². The Bertz CT molecular complexity index is 440. The summed E-state index contributed by atoms with van der Waals surface area (Å²) < 4.78 is 5.03. The van der Waals surface area contributed by atoms with Crippen LogP contribution in [0.2, 0.25) is 0 Å². The smallest absolute Gasteiger partial charge is 0.305 e. The van der Waals surface area contributed by atoms with E-state index in [0.717, 1.165) is 0 Å². The zero-order valence-electron chi connectivity index (χ0n) is 12.8. The van der Waals surface area contributed by atoms with E-state index in [1.807, 2.05) is 32.9 Å². The third-order valence-electron chi connectivity index (χ3n) is 2.33. The number of esters is 1. The molecule has 0 rings (SSSR count). The molecule has 0 aliphatic carbocycles. The van der Waals surface area contributed by atoms with Gasteiger partial charge in [0.15, 0.2) is 5.54 Å². The molecule has 0 N–H and O–H groups in total. The Kier molecular flexibility index (Phi) is 6.85. The molecular weight excluding hydrogens is 256 g/mol. The normalized spacial score (nSPS) is 15.9. The molecule has 0 bridgehead atoms. The number of azo groups is 1. The van der Waals surface area contributed by atoms with E-state index in [9.17, 15) is 4.79 Å². The van der Waals surface area contributed by atoms with Gasteiger partial charge in [0.1, 0.15) is 6.61 Å². The average molecular weight is 278 g/mol. The van der Waals surface area contributed by atoms with Crippen molar-refractivity contribution < 1.29 is 9.53 Å². The predicted molar refractivity (Wildman–Crippen MR) is 73.6 cm³/mol. The van der Waals surface area contributed by atoms with Crippen LogP contribution in [0.3, 0.4) is 0 Å². The highest BCUT2D eigenvalue weighted by Gasteiger charge is 2.27. The van der Waals surface area contributed by atoms with Crippen molar-refractivity contribution >= 4 is 5.97 Å². The lowest BCUT2D eigenvalue weighted by Crippen LogP contribution is -2.29. The van der Waals surface area contributed by atoms with Crippen LogP contribution in [0.1, 0.15) is 47.5 Å². The van der Waals surface area contributed by atoms with Crippen molar-refractivity contribution in [1.82, 2.24) is 0 Å². The van der Waals surface area contributed by atoms with E-state index in [1.54, 1.807) is 13.8 Å². The quantitative estimate of drug-likeness (QED) is 0.550. The van der Waals surface area contributed by atoms with Crippen LogP contribution in [-0.4, -0.2) is 23.7 Å². The molecule has 0 aliphatic heterocycles. The zero-order valence-corrected chi connectivity index (χ0v) is 12.8. The molecule has 0 heterocycles. The second-order valence-electron chi connectivity index (χ2n) is 5.99. The predicted octanol–water partition coefficient (Wildman–Crippen LogP) is 3.00. The van der Waals surface area contributed by atoms with Crippen LogP contribution < -0.4 is 0 Å². The highest BCUT2D eigenvalue weighted by Crippen LogP contribution is 2.16. The maximum Gasteiger partial charge on any atom is 0.305 e. The van der Waals surface area contributed by atoms with Crippen LogP contribution in [0.5, 0.6) is 0 Å². The fourth-order valence-corrected chi connectivity index (χ4v) is 1.04. The molecule has 0 saturated carbocycles. The van der Waals surface area contributed by atoms with Crippen LogP contribution in [0.25, 0.3) is 0 Å². The average Bonchev–Trinajstić information content (AvgIpc) is 2.39. The highest BCUT2D eigenvalue weighted by atomic mass is 16.5. The van der Waals surface area contributed by atoms with Crippen LogP contribution in [-0.2, 0) is 9.53 Å². The Morgan fingerprint density at radius 2 is 1.85 bits per heavy atom. The lowest BCUT2D eigenvalue weighted by Gasteiger charge is -2.18. The van der Waals surface area contributed by atoms with Gasteiger partial charge in [-0.05, 0) is 41.0 Å². The highest BCUT2D eigenvalue weighted by molar-refractivity contribution is 5.69. The van der Waals surface area contributed by atoms with E-state index in [1.165, 1.54) is 0 Å². The maximum atomic E-state index is 11.5. The Balaban J connectivity index is 4.39. The molecule has 0 aliphatic rings.